The maximum Gasteiger partial charge on any atom is 0.257 e. The summed E-state index contributed by atoms with van der Waals surface area (Å²) >= 11 is 0. The van der Waals surface area contributed by atoms with E-state index >= 15 is 0 Å². The number of allylic oxidation sites excluding steroid dienone is 2. The predicted octanol–water partition coefficient (Wildman–Crippen LogP) is 3.73. The lowest BCUT2D eigenvalue weighted by Gasteiger charge is -2.13. The van der Waals surface area contributed by atoms with E-state index in [0.717, 1.165) is 45.4 Å². The van der Waals surface area contributed by atoms with Gasteiger partial charge in [-0.1, -0.05) is 31.2 Å². The first-order chi connectivity index (χ1) is 12.2. The lowest BCUT2D eigenvalue weighted by atomic mass is 9.98. The maximum absolute atomic E-state index is 13.0. The molecule has 0 saturated carbocycles. The van der Waals surface area contributed by atoms with Gasteiger partial charge in [0.1, 0.15) is 0 Å². The molecule has 1 N–H and O–H groups in total. The fourth-order valence-electron chi connectivity index (χ4n) is 3.70. The molecule has 2 aromatic heterocycles. The molecule has 1 aliphatic rings. The topological polar surface area (TPSA) is 55.1 Å². The number of para-hydroxylation sites is 1. The van der Waals surface area contributed by atoms with Crippen molar-refractivity contribution in [1.82, 2.24) is 9.55 Å². The smallest absolute Gasteiger partial charge is 0.257 e. The molecular weight excluding hydrogens is 312 g/mol. The normalized spacial score (nSPS) is 13.2. The van der Waals surface area contributed by atoms with Crippen molar-refractivity contribution in [3.05, 3.63) is 69.5 Å². The second-order valence-electron chi connectivity index (χ2n) is 6.33. The Hall–Kier alpha value is -2.72. The Labute approximate surface area is 146 Å². The molecule has 0 aliphatic carbocycles. The fourth-order valence-corrected chi connectivity index (χ4v) is 3.70. The van der Waals surface area contributed by atoms with Crippen LogP contribution in [-0.2, 0) is 13.2 Å². The Bertz CT molecular complexity index is 1080. The van der Waals surface area contributed by atoms with Crippen LogP contribution >= 0.6 is 0 Å². The van der Waals surface area contributed by atoms with Crippen LogP contribution in [0.25, 0.3) is 27.9 Å². The van der Waals surface area contributed by atoms with Crippen LogP contribution < -0.4 is 5.56 Å². The van der Waals surface area contributed by atoms with Crippen LogP contribution in [0.3, 0.4) is 0 Å². The minimum Gasteiger partial charge on any atom is -0.391 e. The molecule has 4 nitrogen and oxygen atoms in total. The van der Waals surface area contributed by atoms with E-state index in [1.54, 1.807) is 4.57 Å². The molecule has 0 atom stereocenters. The minimum atomic E-state index is -0.252. The van der Waals surface area contributed by atoms with E-state index < -0.39 is 0 Å². The van der Waals surface area contributed by atoms with Crippen molar-refractivity contribution in [2.24, 2.45) is 0 Å². The third-order valence-corrected chi connectivity index (χ3v) is 5.01. The molecule has 0 unspecified atom stereocenters. The van der Waals surface area contributed by atoms with Crippen molar-refractivity contribution >= 4 is 16.5 Å². The molecule has 0 amide bonds. The summed E-state index contributed by atoms with van der Waals surface area (Å²) in [7, 11) is 0. The van der Waals surface area contributed by atoms with Gasteiger partial charge < -0.3 is 9.67 Å². The summed E-state index contributed by atoms with van der Waals surface area (Å²) < 4.78 is 1.73. The minimum absolute atomic E-state index is 0.121. The van der Waals surface area contributed by atoms with Crippen LogP contribution in [0.15, 0.2) is 47.3 Å². The monoisotopic (exact) mass is 332 g/mol. The number of fused-ring (bicyclic) bond motifs is 4. The molecule has 1 aromatic carbocycles. The van der Waals surface area contributed by atoms with Crippen LogP contribution in [0.1, 0.15) is 37.0 Å². The first-order valence-electron chi connectivity index (χ1n) is 8.60. The van der Waals surface area contributed by atoms with E-state index in [9.17, 15) is 9.90 Å². The van der Waals surface area contributed by atoms with Gasteiger partial charge in [-0.3, -0.25) is 4.79 Å². The SMILES string of the molecule is C/C=C(/CC)c1cc2n(c(=O)c1CO)Cc1cc3ccccc3nc1-2. The van der Waals surface area contributed by atoms with Crippen LogP contribution in [0, 0.1) is 0 Å². The zero-order valence-electron chi connectivity index (χ0n) is 14.4. The van der Waals surface area contributed by atoms with Gasteiger partial charge in [0.25, 0.3) is 5.56 Å². The van der Waals surface area contributed by atoms with Gasteiger partial charge in [0.2, 0.25) is 0 Å². The lowest BCUT2D eigenvalue weighted by Crippen LogP contribution is -2.24. The molecule has 126 valence electrons. The summed E-state index contributed by atoms with van der Waals surface area (Å²) in [5.41, 5.74) is 5.94. The molecule has 0 fully saturated rings. The van der Waals surface area contributed by atoms with Gasteiger partial charge in [-0.2, -0.15) is 0 Å². The van der Waals surface area contributed by atoms with Gasteiger partial charge in [-0.25, -0.2) is 4.98 Å². The van der Waals surface area contributed by atoms with Crippen LogP contribution in [-0.4, -0.2) is 14.7 Å². The summed E-state index contributed by atoms with van der Waals surface area (Å²) in [6.07, 6.45) is 2.82. The van der Waals surface area contributed by atoms with Gasteiger partial charge in [-0.15, -0.1) is 0 Å². The zero-order chi connectivity index (χ0) is 17.6. The highest BCUT2D eigenvalue weighted by atomic mass is 16.3. The number of hydrogen-bond donors (Lipinski definition) is 1. The number of benzene rings is 1. The second-order valence-corrected chi connectivity index (χ2v) is 6.33. The first kappa shape index (κ1) is 15.8. The van der Waals surface area contributed by atoms with Crippen molar-refractivity contribution in [2.45, 2.75) is 33.4 Å². The highest BCUT2D eigenvalue weighted by Gasteiger charge is 2.25. The second kappa shape index (κ2) is 5.97. The van der Waals surface area contributed by atoms with Crippen LogP contribution in [0.4, 0.5) is 0 Å². The standard InChI is InChI=1S/C21H20N2O2/c1-3-13(4-2)16-10-19-20-15(11-23(19)21(25)17(16)12-24)9-14-7-5-6-8-18(14)22-20/h3,5-10,24H,4,11-12H2,1-2H3/b13-3-. The van der Waals surface area contributed by atoms with Crippen molar-refractivity contribution in [3.63, 3.8) is 0 Å². The molecule has 4 heteroatoms. The van der Waals surface area contributed by atoms with Crippen molar-refractivity contribution < 1.29 is 5.11 Å². The van der Waals surface area contributed by atoms with Gasteiger partial charge >= 0.3 is 0 Å². The largest absolute Gasteiger partial charge is 0.391 e. The molecule has 25 heavy (non-hydrogen) atoms. The highest BCUT2D eigenvalue weighted by molar-refractivity contribution is 5.84. The Morgan fingerprint density at radius 2 is 2.12 bits per heavy atom. The summed E-state index contributed by atoms with van der Waals surface area (Å²) in [6, 6.07) is 12.1. The fraction of sp³-hybridized carbons (Fsp3) is 0.238. The van der Waals surface area contributed by atoms with Gasteiger partial charge in [0, 0.05) is 10.9 Å². The van der Waals surface area contributed by atoms with E-state index in [1.165, 1.54) is 0 Å². The molecule has 0 bridgehead atoms. The van der Waals surface area contributed by atoms with Crippen LogP contribution in [0.2, 0.25) is 0 Å². The van der Waals surface area contributed by atoms with Crippen molar-refractivity contribution in [3.8, 4) is 11.4 Å². The summed E-state index contributed by atoms with van der Waals surface area (Å²) in [6.45, 7) is 4.27. The van der Waals surface area contributed by atoms with Gasteiger partial charge in [0.05, 0.1) is 35.6 Å². The zero-order valence-corrected chi connectivity index (χ0v) is 14.4. The van der Waals surface area contributed by atoms with Crippen LogP contribution in [0.5, 0.6) is 0 Å². The molecule has 4 rings (SSSR count). The van der Waals surface area contributed by atoms with E-state index in [2.05, 4.69) is 13.0 Å². The predicted molar refractivity (Wildman–Crippen MR) is 100 cm³/mol. The summed E-state index contributed by atoms with van der Waals surface area (Å²) in [5.74, 6) is 0. The highest BCUT2D eigenvalue weighted by Crippen LogP contribution is 2.34. The molecule has 3 heterocycles. The van der Waals surface area contributed by atoms with Gasteiger partial charge in [0.15, 0.2) is 0 Å². The quantitative estimate of drug-likeness (QED) is 0.622. The Morgan fingerprint density at radius 1 is 1.32 bits per heavy atom. The average molecular weight is 332 g/mol. The third kappa shape index (κ3) is 2.33. The molecule has 0 spiro atoms. The third-order valence-electron chi connectivity index (χ3n) is 5.01. The lowest BCUT2D eigenvalue weighted by molar-refractivity contribution is 0.279. The Kier molecular flexibility index (Phi) is 3.77. The molecule has 0 saturated heterocycles. The number of aliphatic hydroxyl groups excluding tert-OH is 1. The number of aromatic nitrogens is 2. The van der Waals surface area contributed by atoms with E-state index in [-0.39, 0.29) is 12.2 Å². The number of hydrogen-bond acceptors (Lipinski definition) is 3. The first-order valence-corrected chi connectivity index (χ1v) is 8.60. The van der Waals surface area contributed by atoms with E-state index in [4.69, 9.17) is 4.98 Å². The number of aliphatic hydroxyl groups is 1. The molecule has 1 aliphatic heterocycles. The van der Waals surface area contributed by atoms with E-state index in [0.29, 0.717) is 12.1 Å². The number of pyridine rings is 2. The Balaban J connectivity index is 2.02. The average Bonchev–Trinajstić information content (AvgIpc) is 2.99. The number of nitrogens with zero attached hydrogens (tertiary/aromatic N) is 2. The van der Waals surface area contributed by atoms with E-state index in [1.807, 2.05) is 43.3 Å². The van der Waals surface area contributed by atoms with Crippen molar-refractivity contribution in [1.29, 1.82) is 0 Å². The van der Waals surface area contributed by atoms with Crippen molar-refractivity contribution in [2.75, 3.05) is 0 Å². The summed E-state index contributed by atoms with van der Waals surface area (Å²) in [5, 5.41) is 10.9. The molecule has 3 aromatic rings. The molecular formula is C21H20N2O2. The van der Waals surface area contributed by atoms with Gasteiger partial charge in [-0.05, 0) is 42.7 Å². The summed E-state index contributed by atoms with van der Waals surface area (Å²) in [4.78, 5) is 17.8. The Morgan fingerprint density at radius 3 is 2.84 bits per heavy atom. The number of rotatable bonds is 3. The maximum atomic E-state index is 13.0. The molecule has 0 radical (unpaired) electrons.